The molecule has 0 saturated carbocycles. The van der Waals surface area contributed by atoms with Gasteiger partial charge < -0.3 is 0 Å². The van der Waals surface area contributed by atoms with E-state index in [0.717, 1.165) is 33.5 Å². The predicted molar refractivity (Wildman–Crippen MR) is 90.4 cm³/mol. The maximum absolute atomic E-state index is 13.2. The average molecular weight is 300 g/mol. The lowest BCUT2D eigenvalue weighted by molar-refractivity contribution is 0.628. The van der Waals surface area contributed by atoms with E-state index in [1.165, 1.54) is 12.1 Å². The average Bonchev–Trinajstić information content (AvgIpc) is 2.62. The molecule has 0 aliphatic carbocycles. The lowest BCUT2D eigenvalue weighted by Crippen LogP contribution is -1.95. The second-order valence-electron chi connectivity index (χ2n) is 5.28. The molecule has 0 N–H and O–H groups in total. The molecule has 0 radical (unpaired) electrons. The van der Waals surface area contributed by atoms with Gasteiger partial charge in [-0.05, 0) is 36.4 Å². The molecule has 0 aliphatic heterocycles. The summed E-state index contributed by atoms with van der Waals surface area (Å²) in [6.07, 6.45) is 0. The molecule has 0 spiro atoms. The second-order valence-corrected chi connectivity index (χ2v) is 5.28. The maximum Gasteiger partial charge on any atom is 0.123 e. The van der Waals surface area contributed by atoms with Gasteiger partial charge in [-0.1, -0.05) is 42.5 Å². The third-order valence-corrected chi connectivity index (χ3v) is 3.74. The van der Waals surface area contributed by atoms with Crippen molar-refractivity contribution in [2.24, 2.45) is 0 Å². The smallest absolute Gasteiger partial charge is 0.123 e. The number of fused-ring (bicyclic) bond motifs is 1. The van der Waals surface area contributed by atoms with Crippen LogP contribution in [-0.2, 0) is 0 Å². The molecule has 0 amide bonds. The zero-order chi connectivity index (χ0) is 15.6. The highest BCUT2D eigenvalue weighted by molar-refractivity contribution is 5.86. The van der Waals surface area contributed by atoms with E-state index < -0.39 is 0 Å². The normalized spacial score (nSPS) is 10.8. The topological polar surface area (TPSA) is 25.8 Å². The Morgan fingerprint density at radius 1 is 0.522 bits per heavy atom. The first-order valence-corrected chi connectivity index (χ1v) is 7.39. The Bertz CT molecular complexity index is 964. The Kier molecular flexibility index (Phi) is 3.31. The highest BCUT2D eigenvalue weighted by Crippen LogP contribution is 2.30. The first-order valence-electron chi connectivity index (χ1n) is 7.39. The van der Waals surface area contributed by atoms with Crippen LogP contribution >= 0.6 is 0 Å². The van der Waals surface area contributed by atoms with E-state index in [1.54, 1.807) is 12.1 Å². The van der Waals surface area contributed by atoms with Crippen LogP contribution < -0.4 is 0 Å². The number of aromatic nitrogens is 2. The van der Waals surface area contributed by atoms with Crippen molar-refractivity contribution in [2.45, 2.75) is 0 Å². The van der Waals surface area contributed by atoms with Crippen LogP contribution in [0.25, 0.3) is 33.5 Å². The molecule has 4 aromatic rings. The van der Waals surface area contributed by atoms with Crippen LogP contribution in [0, 0.1) is 5.82 Å². The Balaban J connectivity index is 2.02. The number of halogens is 1. The number of para-hydroxylation sites is 2. The van der Waals surface area contributed by atoms with Crippen molar-refractivity contribution in [1.82, 2.24) is 9.97 Å². The van der Waals surface area contributed by atoms with Gasteiger partial charge >= 0.3 is 0 Å². The van der Waals surface area contributed by atoms with E-state index in [4.69, 9.17) is 9.97 Å². The highest BCUT2D eigenvalue weighted by Gasteiger charge is 2.12. The Morgan fingerprint density at radius 3 is 1.57 bits per heavy atom. The molecular weight excluding hydrogens is 287 g/mol. The fourth-order valence-electron chi connectivity index (χ4n) is 2.61. The maximum atomic E-state index is 13.2. The highest BCUT2D eigenvalue weighted by atomic mass is 19.1. The van der Waals surface area contributed by atoms with Crippen LogP contribution in [0.1, 0.15) is 0 Å². The summed E-state index contributed by atoms with van der Waals surface area (Å²) in [7, 11) is 0. The van der Waals surface area contributed by atoms with Gasteiger partial charge in [0, 0.05) is 11.1 Å². The molecule has 0 bridgehead atoms. The minimum atomic E-state index is -0.260. The van der Waals surface area contributed by atoms with Crippen LogP contribution in [0.3, 0.4) is 0 Å². The minimum absolute atomic E-state index is 0.260. The third-order valence-electron chi connectivity index (χ3n) is 3.74. The van der Waals surface area contributed by atoms with E-state index in [2.05, 4.69) is 0 Å². The van der Waals surface area contributed by atoms with Crippen molar-refractivity contribution >= 4 is 11.0 Å². The monoisotopic (exact) mass is 300 g/mol. The second kappa shape index (κ2) is 5.61. The van der Waals surface area contributed by atoms with Crippen LogP contribution in [0.4, 0.5) is 4.39 Å². The molecule has 2 nitrogen and oxygen atoms in total. The van der Waals surface area contributed by atoms with Gasteiger partial charge in [0.25, 0.3) is 0 Å². The molecule has 0 fully saturated rings. The first kappa shape index (κ1) is 13.6. The molecule has 0 saturated heterocycles. The fraction of sp³-hybridized carbons (Fsp3) is 0. The predicted octanol–water partition coefficient (Wildman–Crippen LogP) is 5.10. The van der Waals surface area contributed by atoms with Gasteiger partial charge in [0.05, 0.1) is 22.4 Å². The van der Waals surface area contributed by atoms with Crippen molar-refractivity contribution in [3.8, 4) is 22.5 Å². The number of hydrogen-bond acceptors (Lipinski definition) is 2. The molecule has 110 valence electrons. The molecule has 0 atom stereocenters. The quantitative estimate of drug-likeness (QED) is 0.514. The van der Waals surface area contributed by atoms with Crippen LogP contribution in [0.2, 0.25) is 0 Å². The van der Waals surface area contributed by atoms with E-state index in [-0.39, 0.29) is 5.82 Å². The number of rotatable bonds is 2. The van der Waals surface area contributed by atoms with E-state index in [0.29, 0.717) is 0 Å². The minimum Gasteiger partial charge on any atom is -0.244 e. The number of benzene rings is 3. The van der Waals surface area contributed by atoms with Crippen LogP contribution in [0.5, 0.6) is 0 Å². The summed E-state index contributed by atoms with van der Waals surface area (Å²) in [4.78, 5) is 9.55. The number of hydrogen-bond donors (Lipinski definition) is 0. The largest absolute Gasteiger partial charge is 0.244 e. The van der Waals surface area contributed by atoms with Crippen molar-refractivity contribution in [2.75, 3.05) is 0 Å². The summed E-state index contributed by atoms with van der Waals surface area (Å²) in [5.74, 6) is -0.260. The Hall–Kier alpha value is -3.07. The summed E-state index contributed by atoms with van der Waals surface area (Å²) in [5.41, 5.74) is 5.07. The van der Waals surface area contributed by atoms with E-state index >= 15 is 0 Å². The van der Waals surface area contributed by atoms with Gasteiger partial charge in [-0.3, -0.25) is 0 Å². The van der Waals surface area contributed by atoms with Gasteiger partial charge in [0.15, 0.2) is 0 Å². The van der Waals surface area contributed by atoms with Gasteiger partial charge in [-0.2, -0.15) is 0 Å². The molecule has 1 aromatic heterocycles. The standard InChI is InChI=1S/C20H13FN2/c21-16-12-10-15(11-13-16)20-19(14-6-2-1-3-7-14)22-17-8-4-5-9-18(17)23-20/h1-13H. The molecule has 3 heteroatoms. The van der Waals surface area contributed by atoms with Crippen molar-refractivity contribution in [3.05, 3.63) is 84.7 Å². The summed E-state index contributed by atoms with van der Waals surface area (Å²) >= 11 is 0. The van der Waals surface area contributed by atoms with Crippen LogP contribution in [0.15, 0.2) is 78.9 Å². The Morgan fingerprint density at radius 2 is 1.00 bits per heavy atom. The van der Waals surface area contributed by atoms with Crippen molar-refractivity contribution in [1.29, 1.82) is 0 Å². The molecule has 3 aromatic carbocycles. The zero-order valence-electron chi connectivity index (χ0n) is 12.3. The molecule has 1 heterocycles. The molecule has 23 heavy (non-hydrogen) atoms. The summed E-state index contributed by atoms with van der Waals surface area (Å²) in [5, 5.41) is 0. The lowest BCUT2D eigenvalue weighted by Gasteiger charge is -2.10. The zero-order valence-corrected chi connectivity index (χ0v) is 12.3. The lowest BCUT2D eigenvalue weighted by atomic mass is 10.0. The summed E-state index contributed by atoms with van der Waals surface area (Å²) in [6.45, 7) is 0. The number of nitrogens with zero attached hydrogens (tertiary/aromatic N) is 2. The van der Waals surface area contributed by atoms with Gasteiger partial charge in [-0.25, -0.2) is 14.4 Å². The third kappa shape index (κ3) is 2.57. The van der Waals surface area contributed by atoms with Crippen LogP contribution in [-0.4, -0.2) is 9.97 Å². The Labute approximate surface area is 133 Å². The molecule has 4 rings (SSSR count). The van der Waals surface area contributed by atoms with E-state index in [9.17, 15) is 4.39 Å². The molecule has 0 aliphatic rings. The van der Waals surface area contributed by atoms with Crippen molar-refractivity contribution < 1.29 is 4.39 Å². The van der Waals surface area contributed by atoms with E-state index in [1.807, 2.05) is 54.6 Å². The molecular formula is C20H13FN2. The van der Waals surface area contributed by atoms with Crippen molar-refractivity contribution in [3.63, 3.8) is 0 Å². The molecule has 0 unspecified atom stereocenters. The fourth-order valence-corrected chi connectivity index (χ4v) is 2.61. The SMILES string of the molecule is Fc1ccc(-c2nc3ccccc3nc2-c2ccccc2)cc1. The first-order chi connectivity index (χ1) is 11.3. The van der Waals surface area contributed by atoms with Gasteiger partial charge in [0.1, 0.15) is 5.82 Å². The van der Waals surface area contributed by atoms with Gasteiger partial charge in [-0.15, -0.1) is 0 Å². The summed E-state index contributed by atoms with van der Waals surface area (Å²) < 4.78 is 13.2. The summed E-state index contributed by atoms with van der Waals surface area (Å²) in [6, 6.07) is 24.1. The van der Waals surface area contributed by atoms with Gasteiger partial charge in [0.2, 0.25) is 0 Å².